The third kappa shape index (κ3) is 4.51. The van der Waals surface area contributed by atoms with Gasteiger partial charge in [-0.25, -0.2) is 9.59 Å². The van der Waals surface area contributed by atoms with Crippen LogP contribution in [0.5, 0.6) is 5.75 Å². The first-order chi connectivity index (χ1) is 11.0. The van der Waals surface area contributed by atoms with Crippen LogP contribution in [0.15, 0.2) is 48.5 Å². The lowest BCUT2D eigenvalue weighted by Crippen LogP contribution is -2.40. The van der Waals surface area contributed by atoms with Gasteiger partial charge in [0.05, 0.1) is 15.7 Å². The van der Waals surface area contributed by atoms with E-state index < -0.39 is 12.2 Å². The zero-order chi connectivity index (χ0) is 16.8. The van der Waals surface area contributed by atoms with Gasteiger partial charge in [-0.2, -0.15) is 0 Å². The van der Waals surface area contributed by atoms with Gasteiger partial charge < -0.3 is 10.1 Å². The van der Waals surface area contributed by atoms with E-state index in [4.69, 9.17) is 32.8 Å². The zero-order valence-electron chi connectivity index (χ0n) is 12.0. The van der Waals surface area contributed by atoms with Crippen molar-refractivity contribution in [3.05, 3.63) is 58.6 Å². The number of carbonyl (C=O) groups is 2. The number of hydrogen-bond donors (Lipinski definition) is 1. The highest BCUT2D eigenvalue weighted by Crippen LogP contribution is 2.27. The van der Waals surface area contributed by atoms with Crippen molar-refractivity contribution < 1.29 is 19.2 Å². The molecule has 2 aromatic carbocycles. The zero-order valence-corrected chi connectivity index (χ0v) is 13.5. The third-order valence-corrected chi connectivity index (χ3v) is 3.39. The third-order valence-electron chi connectivity index (χ3n) is 2.65. The molecule has 0 saturated carbocycles. The number of para-hydroxylation sites is 1. The second-order valence-corrected chi connectivity index (χ2v) is 5.02. The predicted molar refractivity (Wildman–Crippen MR) is 86.9 cm³/mol. The minimum atomic E-state index is -1.08. The lowest BCUT2D eigenvalue weighted by molar-refractivity contribution is 0.0928. The second kappa shape index (κ2) is 7.71. The Balaban J connectivity index is 2.17. The highest BCUT2D eigenvalue weighted by atomic mass is 35.5. The number of benzene rings is 2. The maximum atomic E-state index is 11.9. The summed E-state index contributed by atoms with van der Waals surface area (Å²) in [5.41, 5.74) is 0.212. The van der Waals surface area contributed by atoms with Gasteiger partial charge in [0.2, 0.25) is 0 Å². The molecule has 23 heavy (non-hydrogen) atoms. The van der Waals surface area contributed by atoms with E-state index >= 15 is 0 Å². The van der Waals surface area contributed by atoms with Crippen molar-refractivity contribution in [2.75, 3.05) is 12.1 Å². The van der Waals surface area contributed by atoms with Gasteiger partial charge in [-0.05, 0) is 30.3 Å². The Bertz CT molecular complexity index is 710. The predicted octanol–water partition coefficient (Wildman–Crippen LogP) is 4.27. The molecule has 2 amide bonds. The Morgan fingerprint density at radius 3 is 2.35 bits per heavy atom. The van der Waals surface area contributed by atoms with Gasteiger partial charge in [0.1, 0.15) is 5.75 Å². The summed E-state index contributed by atoms with van der Waals surface area (Å²) in [6.07, 6.45) is -1.08. The van der Waals surface area contributed by atoms with Gasteiger partial charge in [-0.15, -0.1) is 5.06 Å². The summed E-state index contributed by atoms with van der Waals surface area (Å²) in [6.45, 7) is 0. The summed E-state index contributed by atoms with van der Waals surface area (Å²) < 4.78 is 4.97. The monoisotopic (exact) mass is 354 g/mol. The number of hydroxylamine groups is 1. The molecule has 0 unspecified atom stereocenters. The molecule has 0 heterocycles. The molecule has 0 aliphatic heterocycles. The van der Waals surface area contributed by atoms with Crippen LogP contribution in [0.2, 0.25) is 10.0 Å². The second-order valence-electron chi connectivity index (χ2n) is 4.20. The molecule has 0 fully saturated rings. The van der Waals surface area contributed by atoms with Crippen LogP contribution in [-0.2, 0) is 4.84 Å². The molecular formula is C15H12Cl2N2O4. The van der Waals surface area contributed by atoms with Crippen molar-refractivity contribution in [1.82, 2.24) is 5.32 Å². The first-order valence-corrected chi connectivity index (χ1v) is 7.18. The minimum absolute atomic E-state index is 0.207. The Labute approximate surface area is 142 Å². The number of hydrogen-bond acceptors (Lipinski definition) is 4. The van der Waals surface area contributed by atoms with Crippen molar-refractivity contribution in [3.63, 3.8) is 0 Å². The highest BCUT2D eigenvalue weighted by Gasteiger charge is 2.22. The van der Waals surface area contributed by atoms with Crippen LogP contribution < -0.4 is 15.1 Å². The van der Waals surface area contributed by atoms with Crippen LogP contribution in [0, 0.1) is 0 Å². The molecule has 0 saturated heterocycles. The smallest absolute Gasteiger partial charge is 0.393 e. The van der Waals surface area contributed by atoms with E-state index in [2.05, 4.69) is 5.32 Å². The van der Waals surface area contributed by atoms with Crippen LogP contribution in [0.4, 0.5) is 15.3 Å². The number of anilines is 1. The molecule has 0 radical (unpaired) electrons. The van der Waals surface area contributed by atoms with Crippen LogP contribution >= 0.6 is 23.2 Å². The van der Waals surface area contributed by atoms with Crippen LogP contribution in [-0.4, -0.2) is 19.2 Å². The summed E-state index contributed by atoms with van der Waals surface area (Å²) in [5, 5.41) is 3.57. The van der Waals surface area contributed by atoms with E-state index in [1.807, 2.05) is 0 Å². The fourth-order valence-electron chi connectivity index (χ4n) is 1.60. The number of halogens is 2. The molecule has 1 N–H and O–H groups in total. The number of carbonyl (C=O) groups excluding carboxylic acids is 2. The Morgan fingerprint density at radius 1 is 1.04 bits per heavy atom. The topological polar surface area (TPSA) is 67.9 Å². The number of nitrogens with zero attached hydrogens (tertiary/aromatic N) is 1. The molecule has 0 aliphatic rings. The summed E-state index contributed by atoms with van der Waals surface area (Å²) >= 11 is 11.7. The van der Waals surface area contributed by atoms with Crippen molar-refractivity contribution in [3.8, 4) is 5.75 Å². The van der Waals surface area contributed by atoms with E-state index in [1.165, 1.54) is 25.2 Å². The van der Waals surface area contributed by atoms with Gasteiger partial charge >= 0.3 is 12.2 Å². The molecule has 8 heteroatoms. The number of amides is 2. The summed E-state index contributed by atoms with van der Waals surface area (Å²) in [5.74, 6) is 0.281. The van der Waals surface area contributed by atoms with Crippen molar-refractivity contribution in [2.24, 2.45) is 0 Å². The quantitative estimate of drug-likeness (QED) is 0.496. The number of rotatable bonds is 2. The molecule has 2 rings (SSSR count). The van der Waals surface area contributed by atoms with Crippen LogP contribution in [0.3, 0.4) is 0 Å². The maximum absolute atomic E-state index is 11.9. The lowest BCUT2D eigenvalue weighted by Gasteiger charge is -2.20. The van der Waals surface area contributed by atoms with Crippen molar-refractivity contribution in [2.45, 2.75) is 0 Å². The fraction of sp³-hybridized carbons (Fsp3) is 0.0667. The average molecular weight is 355 g/mol. The minimum Gasteiger partial charge on any atom is -0.393 e. The van der Waals surface area contributed by atoms with Crippen LogP contribution in [0.25, 0.3) is 0 Å². The molecule has 0 atom stereocenters. The summed E-state index contributed by atoms with van der Waals surface area (Å²) in [7, 11) is 1.39. The van der Waals surface area contributed by atoms with Crippen molar-refractivity contribution >= 4 is 41.1 Å². The largest absolute Gasteiger partial charge is 0.539 e. The first-order valence-electron chi connectivity index (χ1n) is 6.43. The highest BCUT2D eigenvalue weighted by molar-refractivity contribution is 6.42. The molecule has 120 valence electrons. The fourth-order valence-corrected chi connectivity index (χ4v) is 1.89. The van der Waals surface area contributed by atoms with E-state index in [9.17, 15) is 9.59 Å². The average Bonchev–Trinajstić information content (AvgIpc) is 2.55. The number of urea groups is 1. The number of ether oxygens (including phenoxy) is 1. The number of nitrogens with one attached hydrogen (secondary N) is 1. The SMILES string of the molecule is CNC(=O)N(OC(=O)Oc1ccccc1)c1ccc(Cl)c(Cl)c1. The van der Waals surface area contributed by atoms with E-state index in [1.54, 1.807) is 30.3 Å². The normalized spacial score (nSPS) is 9.87. The van der Waals surface area contributed by atoms with Gasteiger partial charge in [-0.3, -0.25) is 4.84 Å². The van der Waals surface area contributed by atoms with Crippen molar-refractivity contribution in [1.29, 1.82) is 0 Å². The summed E-state index contributed by atoms with van der Waals surface area (Å²) in [6, 6.07) is 11.9. The first kappa shape index (κ1) is 16.9. The van der Waals surface area contributed by atoms with Gasteiger partial charge in [-0.1, -0.05) is 41.4 Å². The van der Waals surface area contributed by atoms with E-state index in [0.29, 0.717) is 10.1 Å². The van der Waals surface area contributed by atoms with Gasteiger partial charge in [0, 0.05) is 7.05 Å². The molecule has 2 aromatic rings. The van der Waals surface area contributed by atoms with E-state index in [0.717, 1.165) is 0 Å². The van der Waals surface area contributed by atoms with Gasteiger partial charge in [0.15, 0.2) is 0 Å². The Kier molecular flexibility index (Phi) is 5.67. The molecule has 0 aromatic heterocycles. The Morgan fingerprint density at radius 2 is 1.74 bits per heavy atom. The molecular weight excluding hydrogens is 343 g/mol. The summed E-state index contributed by atoms with van der Waals surface area (Å²) in [4.78, 5) is 28.7. The van der Waals surface area contributed by atoms with E-state index in [-0.39, 0.29) is 16.5 Å². The standard InChI is InChI=1S/C15H12Cl2N2O4/c1-18-14(20)19(10-7-8-12(16)13(17)9-10)23-15(21)22-11-5-3-2-4-6-11/h2-9H,1H3,(H,18,20). The lowest BCUT2D eigenvalue weighted by atomic mass is 10.3. The maximum Gasteiger partial charge on any atom is 0.539 e. The van der Waals surface area contributed by atoms with Crippen LogP contribution in [0.1, 0.15) is 0 Å². The Hall–Kier alpha value is -2.44. The molecule has 6 nitrogen and oxygen atoms in total. The molecule has 0 spiro atoms. The molecule has 0 aliphatic carbocycles. The molecule has 0 bridgehead atoms. The van der Waals surface area contributed by atoms with Gasteiger partial charge in [0.25, 0.3) is 0 Å².